The number of carboxylic acid groups (broad SMARTS) is 1. The van der Waals surface area contributed by atoms with Gasteiger partial charge in [0.2, 0.25) is 5.88 Å². The molecule has 0 atom stereocenters. The van der Waals surface area contributed by atoms with E-state index in [0.717, 1.165) is 12.1 Å². The fraction of sp³-hybridized carbons (Fsp3) is 0.0500. The number of methoxy groups -OCH3 is 1. The highest BCUT2D eigenvalue weighted by Gasteiger charge is 2.22. The highest BCUT2D eigenvalue weighted by atomic mass is 32.2. The number of anilines is 2. The van der Waals surface area contributed by atoms with Crippen LogP contribution in [0.4, 0.5) is 25.1 Å². The first-order valence-electron chi connectivity index (χ1n) is 9.17. The maximum atomic E-state index is 14.0. The van der Waals surface area contributed by atoms with Crippen LogP contribution in [-0.2, 0) is 10.0 Å². The summed E-state index contributed by atoms with van der Waals surface area (Å²) in [6.45, 7) is 0. The lowest BCUT2D eigenvalue weighted by Crippen LogP contribution is -2.15. The molecule has 3 N–H and O–H groups in total. The zero-order valence-electron chi connectivity index (χ0n) is 16.8. The van der Waals surface area contributed by atoms with Crippen LogP contribution in [0.2, 0.25) is 0 Å². The second-order valence-electron chi connectivity index (χ2n) is 6.70. The summed E-state index contributed by atoms with van der Waals surface area (Å²) in [5.74, 6) is -2.10. The second kappa shape index (κ2) is 8.35. The number of rotatable bonds is 6. The summed E-state index contributed by atoms with van der Waals surface area (Å²) in [7, 11) is -3.14. The summed E-state index contributed by atoms with van der Waals surface area (Å²) < 4.78 is 61.5. The van der Waals surface area contributed by atoms with Crippen molar-refractivity contribution in [1.29, 1.82) is 0 Å². The second-order valence-corrected chi connectivity index (χ2v) is 8.35. The Morgan fingerprint density at radius 1 is 1.12 bits per heavy atom. The number of benzene rings is 1. The van der Waals surface area contributed by atoms with Gasteiger partial charge in [-0.3, -0.25) is 10.0 Å². The average Bonchev–Trinajstić information content (AvgIpc) is 3.13. The van der Waals surface area contributed by atoms with Crippen molar-refractivity contribution in [3.05, 3.63) is 66.6 Å². The minimum Gasteiger partial charge on any atom is -0.480 e. The Bertz CT molecular complexity index is 1490. The van der Waals surface area contributed by atoms with Gasteiger partial charge in [-0.1, -0.05) is 0 Å². The summed E-state index contributed by atoms with van der Waals surface area (Å²) in [4.78, 5) is 18.3. The molecule has 0 saturated carbocycles. The van der Waals surface area contributed by atoms with Crippen molar-refractivity contribution in [3.63, 3.8) is 0 Å². The molecular formula is C20H15F2N5O5S. The lowest BCUT2D eigenvalue weighted by atomic mass is 10.1. The number of amides is 1. The summed E-state index contributed by atoms with van der Waals surface area (Å²) in [5.41, 5.74) is 1.45. The van der Waals surface area contributed by atoms with Gasteiger partial charge in [0.15, 0.2) is 5.82 Å². The molecule has 13 heteroatoms. The SMILES string of the molecule is COc1ncc(-c2ccc3nc(NC(=O)O)cn3c2)cc1NS(=O)(=O)c1ccc(F)cc1F. The molecule has 0 fully saturated rings. The summed E-state index contributed by atoms with van der Waals surface area (Å²) in [5, 5.41) is 11.0. The lowest BCUT2D eigenvalue weighted by molar-refractivity contribution is 0.209. The first-order chi connectivity index (χ1) is 15.7. The molecule has 1 aromatic carbocycles. The zero-order valence-corrected chi connectivity index (χ0v) is 17.6. The Hall–Kier alpha value is -4.26. The molecule has 33 heavy (non-hydrogen) atoms. The van der Waals surface area contributed by atoms with E-state index in [0.29, 0.717) is 22.8 Å². The fourth-order valence-electron chi connectivity index (χ4n) is 3.07. The van der Waals surface area contributed by atoms with Crippen LogP contribution in [0.5, 0.6) is 5.88 Å². The van der Waals surface area contributed by atoms with E-state index in [9.17, 15) is 22.0 Å². The average molecular weight is 475 g/mol. The van der Waals surface area contributed by atoms with E-state index in [1.54, 1.807) is 22.7 Å². The van der Waals surface area contributed by atoms with Crippen LogP contribution in [0.15, 0.2) is 59.9 Å². The minimum atomic E-state index is -4.43. The van der Waals surface area contributed by atoms with Gasteiger partial charge in [-0.2, -0.15) is 0 Å². The fourth-order valence-corrected chi connectivity index (χ4v) is 4.18. The molecule has 10 nitrogen and oxygen atoms in total. The van der Waals surface area contributed by atoms with E-state index in [-0.39, 0.29) is 17.4 Å². The van der Waals surface area contributed by atoms with Crippen molar-refractivity contribution in [1.82, 2.24) is 14.4 Å². The Morgan fingerprint density at radius 3 is 2.61 bits per heavy atom. The number of carbonyl (C=O) groups is 1. The van der Waals surface area contributed by atoms with Gasteiger partial charge in [-0.05, 0) is 30.3 Å². The van der Waals surface area contributed by atoms with E-state index in [2.05, 4.69) is 20.0 Å². The molecule has 4 aromatic rings. The normalized spacial score (nSPS) is 11.4. The number of pyridine rings is 2. The van der Waals surface area contributed by atoms with Crippen molar-refractivity contribution in [3.8, 4) is 17.0 Å². The third-order valence-electron chi connectivity index (χ3n) is 4.49. The molecule has 170 valence electrons. The molecule has 0 radical (unpaired) electrons. The molecule has 3 heterocycles. The quantitative estimate of drug-likeness (QED) is 0.388. The van der Waals surface area contributed by atoms with Crippen molar-refractivity contribution < 1.29 is 31.8 Å². The van der Waals surface area contributed by atoms with E-state index in [1.165, 1.54) is 25.6 Å². The number of imidazole rings is 1. The number of halogens is 2. The van der Waals surface area contributed by atoms with Gasteiger partial charge in [0.25, 0.3) is 10.0 Å². The zero-order chi connectivity index (χ0) is 23.8. The molecule has 0 spiro atoms. The number of aromatic nitrogens is 3. The van der Waals surface area contributed by atoms with Gasteiger partial charge in [0, 0.05) is 29.6 Å². The number of fused-ring (bicyclic) bond motifs is 1. The number of nitrogens with zero attached hydrogens (tertiary/aromatic N) is 3. The maximum Gasteiger partial charge on any atom is 0.410 e. The molecule has 0 bridgehead atoms. The van der Waals surface area contributed by atoms with E-state index in [1.807, 2.05) is 0 Å². The molecule has 0 unspecified atom stereocenters. The predicted octanol–water partition coefficient (Wildman–Crippen LogP) is 3.57. The third-order valence-corrected chi connectivity index (χ3v) is 5.89. The molecule has 0 saturated heterocycles. The Kier molecular flexibility index (Phi) is 5.55. The molecule has 0 aliphatic carbocycles. The van der Waals surface area contributed by atoms with Crippen LogP contribution in [0.3, 0.4) is 0 Å². The van der Waals surface area contributed by atoms with Crippen LogP contribution in [0, 0.1) is 11.6 Å². The van der Waals surface area contributed by atoms with Crippen LogP contribution in [-0.4, -0.2) is 41.1 Å². The van der Waals surface area contributed by atoms with Crippen molar-refractivity contribution >= 4 is 33.3 Å². The maximum absolute atomic E-state index is 14.0. The van der Waals surface area contributed by atoms with Gasteiger partial charge in [-0.15, -0.1) is 0 Å². The van der Waals surface area contributed by atoms with Gasteiger partial charge in [0.05, 0.1) is 13.3 Å². The van der Waals surface area contributed by atoms with Gasteiger partial charge in [-0.25, -0.2) is 32.0 Å². The number of hydrogen-bond acceptors (Lipinski definition) is 6. The molecule has 4 rings (SSSR count). The Labute approximate surface area is 185 Å². The number of hydrogen-bond donors (Lipinski definition) is 3. The standard InChI is InChI=1S/C20H15F2N5O5S/c1-32-19-15(26-33(30,31)16-4-3-13(21)7-14(16)22)6-12(8-23-19)11-2-5-18-24-17(25-20(28)29)10-27(18)9-11/h2-10,25-26H,1H3,(H,28,29). The van der Waals surface area contributed by atoms with Crippen LogP contribution in [0.25, 0.3) is 16.8 Å². The summed E-state index contributed by atoms with van der Waals surface area (Å²) in [6.07, 6.45) is 3.28. The molecule has 0 aliphatic heterocycles. The molecular weight excluding hydrogens is 460 g/mol. The largest absolute Gasteiger partial charge is 0.480 e. The smallest absolute Gasteiger partial charge is 0.410 e. The minimum absolute atomic E-state index is 0.0681. The predicted molar refractivity (Wildman–Crippen MR) is 114 cm³/mol. The van der Waals surface area contributed by atoms with E-state index in [4.69, 9.17) is 9.84 Å². The molecule has 3 aromatic heterocycles. The first-order valence-corrected chi connectivity index (χ1v) is 10.7. The summed E-state index contributed by atoms with van der Waals surface area (Å²) >= 11 is 0. The van der Waals surface area contributed by atoms with Crippen LogP contribution >= 0.6 is 0 Å². The third kappa shape index (κ3) is 4.52. The lowest BCUT2D eigenvalue weighted by Gasteiger charge is -2.13. The number of nitrogens with one attached hydrogen (secondary N) is 2. The van der Waals surface area contributed by atoms with Crippen LogP contribution in [0.1, 0.15) is 0 Å². The Morgan fingerprint density at radius 2 is 1.91 bits per heavy atom. The summed E-state index contributed by atoms with van der Waals surface area (Å²) in [6, 6.07) is 6.84. The van der Waals surface area contributed by atoms with E-state index >= 15 is 0 Å². The van der Waals surface area contributed by atoms with Crippen LogP contribution < -0.4 is 14.8 Å². The van der Waals surface area contributed by atoms with Crippen molar-refractivity contribution in [2.24, 2.45) is 0 Å². The van der Waals surface area contributed by atoms with Gasteiger partial charge >= 0.3 is 6.09 Å². The molecule has 1 amide bonds. The Balaban J connectivity index is 1.71. The highest BCUT2D eigenvalue weighted by molar-refractivity contribution is 7.92. The first kappa shape index (κ1) is 22.0. The van der Waals surface area contributed by atoms with Gasteiger partial charge in [0.1, 0.15) is 27.9 Å². The monoisotopic (exact) mass is 475 g/mol. The topological polar surface area (TPSA) is 135 Å². The van der Waals surface area contributed by atoms with E-state index < -0.39 is 32.6 Å². The van der Waals surface area contributed by atoms with Gasteiger partial charge < -0.3 is 14.2 Å². The highest BCUT2D eigenvalue weighted by Crippen LogP contribution is 2.31. The number of ether oxygens (including phenoxy) is 1. The van der Waals surface area contributed by atoms with Crippen molar-refractivity contribution in [2.45, 2.75) is 4.90 Å². The molecule has 0 aliphatic rings. The van der Waals surface area contributed by atoms with Crippen molar-refractivity contribution in [2.75, 3.05) is 17.1 Å². The number of sulfonamides is 1.